The highest BCUT2D eigenvalue weighted by molar-refractivity contribution is 5.98. The third kappa shape index (κ3) is 16.5. The fourth-order valence-corrected chi connectivity index (χ4v) is 10.1. The van der Waals surface area contributed by atoms with Crippen LogP contribution >= 0.6 is 0 Å². The molecule has 8 amide bonds. The molecule has 1 rings (SSSR count). The normalized spacial score (nSPS) is 15.2. The summed E-state index contributed by atoms with van der Waals surface area (Å²) in [5.41, 5.74) is 1.07. The van der Waals surface area contributed by atoms with Crippen molar-refractivity contribution in [1.82, 2.24) is 45.3 Å². The second-order valence-corrected chi connectivity index (χ2v) is 22.6. The van der Waals surface area contributed by atoms with Gasteiger partial charge < -0.3 is 45.3 Å². The van der Waals surface area contributed by atoms with E-state index in [1.165, 1.54) is 57.6 Å². The number of nitrogens with zero attached hydrogens (tertiary/aromatic N) is 6. The lowest BCUT2D eigenvalue weighted by atomic mass is 9.93. The van der Waals surface area contributed by atoms with Gasteiger partial charge in [0.2, 0.25) is 47.3 Å². The zero-order chi connectivity index (χ0) is 56.0. The maximum absolute atomic E-state index is 14.9. The van der Waals surface area contributed by atoms with Crippen LogP contribution in [0.1, 0.15) is 116 Å². The molecule has 0 bridgehead atoms. The van der Waals surface area contributed by atoms with Crippen LogP contribution in [0.4, 0.5) is 0 Å². The molecule has 0 aliphatic carbocycles. The van der Waals surface area contributed by atoms with Crippen molar-refractivity contribution >= 4 is 47.3 Å². The van der Waals surface area contributed by atoms with Gasteiger partial charge in [0.1, 0.15) is 42.3 Å². The summed E-state index contributed by atoms with van der Waals surface area (Å²) >= 11 is 0. The summed E-state index contributed by atoms with van der Waals surface area (Å²) < 4.78 is 0. The van der Waals surface area contributed by atoms with Crippen LogP contribution in [0.3, 0.4) is 0 Å². The Morgan fingerprint density at radius 3 is 0.917 bits per heavy atom. The van der Waals surface area contributed by atoms with E-state index >= 15 is 0 Å². The van der Waals surface area contributed by atoms with E-state index < -0.39 is 107 Å². The molecule has 0 saturated carbocycles. The van der Waals surface area contributed by atoms with E-state index in [9.17, 15) is 38.4 Å². The summed E-state index contributed by atoms with van der Waals surface area (Å²) in [6, 6.07) is 2.35. The number of carbonyl (C=O) groups is 8. The highest BCUT2D eigenvalue weighted by atomic mass is 16.2. The lowest BCUT2D eigenvalue weighted by molar-refractivity contribution is -0.159. The summed E-state index contributed by atoms with van der Waals surface area (Å²) in [6.45, 7) is 29.8. The average molecular weight is 1010 g/mol. The summed E-state index contributed by atoms with van der Waals surface area (Å²) in [4.78, 5) is 123. The van der Waals surface area contributed by atoms with Crippen LogP contribution < -0.4 is 16.0 Å². The van der Waals surface area contributed by atoms with Crippen molar-refractivity contribution in [2.45, 2.75) is 166 Å². The lowest BCUT2D eigenvalue weighted by Crippen LogP contribution is -2.64. The molecule has 1 aromatic carbocycles. The van der Waals surface area contributed by atoms with Crippen LogP contribution in [-0.4, -0.2) is 181 Å². The molecule has 0 saturated heterocycles. The standard InChI is InChI=1S/C55H97N9O8/c1-31(2)40(56-17)48(65)58-41(32(3)4)50(67)60(19)43(34(7)8)52(69)62(21)45(36(11)12)54(71)64(23)47(38(15)16)55(72)63(22)46(37(13)14)53(70)61(20)44(35(9)10)51(68)59(18)42(33(5)6)49(66)57-30-29-39-27-25-24-26-28-39/h24-28,31-38,40-47,56H,29-30H2,1-23H3,(H,57,66)(H,58,65)/t40-,41-,42-,43-,44-,45-,46-,47-/m0/s1. The van der Waals surface area contributed by atoms with Crippen LogP contribution in [-0.2, 0) is 44.8 Å². The minimum absolute atomic E-state index is 0.0428. The van der Waals surface area contributed by atoms with Crippen molar-refractivity contribution in [2.75, 3.05) is 55.9 Å². The Labute approximate surface area is 434 Å². The molecule has 72 heavy (non-hydrogen) atoms. The lowest BCUT2D eigenvalue weighted by Gasteiger charge is -2.43. The highest BCUT2D eigenvalue weighted by Gasteiger charge is 2.46. The average Bonchev–Trinajstić information content (AvgIpc) is 3.27. The molecule has 8 atom stereocenters. The van der Waals surface area contributed by atoms with Crippen molar-refractivity contribution in [3.8, 4) is 0 Å². The first-order valence-corrected chi connectivity index (χ1v) is 26.1. The number of nitrogens with one attached hydrogen (secondary N) is 3. The van der Waals surface area contributed by atoms with E-state index in [0.29, 0.717) is 13.0 Å². The van der Waals surface area contributed by atoms with E-state index in [4.69, 9.17) is 0 Å². The van der Waals surface area contributed by atoms with Crippen molar-refractivity contribution in [3.63, 3.8) is 0 Å². The molecule has 0 aliphatic heterocycles. The van der Waals surface area contributed by atoms with Crippen LogP contribution in [0.25, 0.3) is 0 Å². The largest absolute Gasteiger partial charge is 0.354 e. The summed E-state index contributed by atoms with van der Waals surface area (Å²) in [5, 5.41) is 8.91. The molecule has 1 aromatic rings. The topological polar surface area (TPSA) is 192 Å². The minimum Gasteiger partial charge on any atom is -0.354 e. The fraction of sp³-hybridized carbons (Fsp3) is 0.745. The Kier molecular flexibility index (Phi) is 26.2. The molecule has 17 heteroatoms. The van der Waals surface area contributed by atoms with Crippen molar-refractivity contribution < 1.29 is 38.4 Å². The monoisotopic (exact) mass is 1010 g/mol. The minimum atomic E-state index is -1.07. The van der Waals surface area contributed by atoms with Crippen LogP contribution in [0.15, 0.2) is 30.3 Å². The number of hydrogen-bond acceptors (Lipinski definition) is 9. The van der Waals surface area contributed by atoms with Crippen molar-refractivity contribution in [1.29, 1.82) is 0 Å². The van der Waals surface area contributed by atoms with Gasteiger partial charge in [-0.05, 0) is 66.4 Å². The number of amides is 8. The predicted octanol–water partition coefficient (Wildman–Crippen LogP) is 4.63. The fourth-order valence-electron chi connectivity index (χ4n) is 10.1. The van der Waals surface area contributed by atoms with Gasteiger partial charge in [0.25, 0.3) is 0 Å². The number of likely N-dealkylation sites (N-methyl/N-ethyl adjacent to an activating group) is 7. The van der Waals surface area contributed by atoms with Gasteiger partial charge in [-0.2, -0.15) is 0 Å². The Morgan fingerprint density at radius 2 is 0.653 bits per heavy atom. The van der Waals surface area contributed by atoms with Gasteiger partial charge in [-0.1, -0.05) is 141 Å². The number of benzene rings is 1. The predicted molar refractivity (Wildman–Crippen MR) is 286 cm³/mol. The first kappa shape index (κ1) is 65.0. The maximum Gasteiger partial charge on any atom is 0.246 e. The third-order valence-electron chi connectivity index (χ3n) is 14.0. The molecular weight excluding hydrogens is 915 g/mol. The van der Waals surface area contributed by atoms with Gasteiger partial charge >= 0.3 is 0 Å². The molecule has 0 aliphatic rings. The molecular formula is C55H97N9O8. The number of carbonyl (C=O) groups excluding carboxylic acids is 8. The molecule has 410 valence electrons. The quantitative estimate of drug-likeness (QED) is 0.113. The molecule has 0 spiro atoms. The number of hydrogen-bond donors (Lipinski definition) is 3. The van der Waals surface area contributed by atoms with E-state index in [2.05, 4.69) is 16.0 Å². The molecule has 0 aromatic heterocycles. The highest BCUT2D eigenvalue weighted by Crippen LogP contribution is 2.26. The Bertz CT molecular complexity index is 1950. The van der Waals surface area contributed by atoms with Gasteiger partial charge in [0.05, 0.1) is 6.04 Å². The SMILES string of the molecule is CN[C@H](C(=O)N[C@H](C(=O)N(C)[C@H](C(=O)N(C)[C@H](C(=O)N(C)[C@H](C(=O)N(C)[C@H](C(=O)N(C)[C@H](C(=O)N(C)[C@H](C(=O)NCCc1ccccc1)C(C)C)C(C)C)C(C)C)C(C)C)C(C)C)C(C)C)C(C)C)C(C)C. The zero-order valence-electron chi connectivity index (χ0n) is 48.5. The second kappa shape index (κ2) is 29.0. The summed E-state index contributed by atoms with van der Waals surface area (Å²) in [6.07, 6.45) is 0.625. The Balaban J connectivity index is 3.55. The van der Waals surface area contributed by atoms with Gasteiger partial charge in [-0.15, -0.1) is 0 Å². The van der Waals surface area contributed by atoms with Crippen LogP contribution in [0, 0.1) is 47.3 Å². The van der Waals surface area contributed by atoms with Crippen molar-refractivity contribution in [2.24, 2.45) is 47.3 Å². The molecule has 17 nitrogen and oxygen atoms in total. The van der Waals surface area contributed by atoms with Crippen LogP contribution in [0.5, 0.6) is 0 Å². The number of rotatable bonds is 27. The van der Waals surface area contributed by atoms with Gasteiger partial charge in [-0.25, -0.2) is 0 Å². The van der Waals surface area contributed by atoms with Crippen molar-refractivity contribution in [3.05, 3.63) is 35.9 Å². The first-order chi connectivity index (χ1) is 33.2. The van der Waals surface area contributed by atoms with Gasteiger partial charge in [0.15, 0.2) is 0 Å². The van der Waals surface area contributed by atoms with E-state index in [1.807, 2.05) is 141 Å². The molecule has 0 radical (unpaired) electrons. The smallest absolute Gasteiger partial charge is 0.246 e. The van der Waals surface area contributed by atoms with E-state index in [1.54, 1.807) is 21.1 Å². The van der Waals surface area contributed by atoms with E-state index in [-0.39, 0.29) is 35.5 Å². The third-order valence-corrected chi connectivity index (χ3v) is 14.0. The Hall–Kier alpha value is -5.06. The van der Waals surface area contributed by atoms with Crippen LogP contribution in [0.2, 0.25) is 0 Å². The first-order valence-electron chi connectivity index (χ1n) is 26.1. The van der Waals surface area contributed by atoms with Gasteiger partial charge in [0, 0.05) is 48.8 Å². The summed E-state index contributed by atoms with van der Waals surface area (Å²) in [5.74, 6) is -6.09. The second-order valence-electron chi connectivity index (χ2n) is 22.6. The Morgan fingerprint density at radius 1 is 0.375 bits per heavy atom. The zero-order valence-corrected chi connectivity index (χ0v) is 48.5. The summed E-state index contributed by atoms with van der Waals surface area (Å²) in [7, 11) is 10.9. The molecule has 0 unspecified atom stereocenters. The van der Waals surface area contributed by atoms with E-state index in [0.717, 1.165) is 5.56 Å². The molecule has 3 N–H and O–H groups in total. The molecule has 0 heterocycles. The maximum atomic E-state index is 14.9. The van der Waals surface area contributed by atoms with Gasteiger partial charge in [-0.3, -0.25) is 38.4 Å². The molecule has 0 fully saturated rings.